The quantitative estimate of drug-likeness (QED) is 0.510. The first-order valence-corrected chi connectivity index (χ1v) is 8.92. The average Bonchev–Trinajstić information content (AvgIpc) is 2.01. The highest BCUT2D eigenvalue weighted by molar-refractivity contribution is 6.76. The second kappa shape index (κ2) is 6.57. The van der Waals surface area contributed by atoms with Crippen LogP contribution in [0.15, 0.2) is 0 Å². The highest BCUT2D eigenvalue weighted by atomic mass is 28.3. The molecule has 0 rings (SSSR count). The third kappa shape index (κ3) is 10.1. The topological polar surface area (TPSA) is 29.5 Å². The largest absolute Gasteiger partial charge is 0.391 e. The van der Waals surface area contributed by atoms with Gasteiger partial charge in [0.1, 0.15) is 0 Å². The summed E-state index contributed by atoms with van der Waals surface area (Å²) in [5.41, 5.74) is 0. The molecule has 2 nitrogen and oxygen atoms in total. The molecule has 3 heteroatoms. The second-order valence-electron chi connectivity index (χ2n) is 4.80. The van der Waals surface area contributed by atoms with Gasteiger partial charge in [-0.15, -0.1) is 0 Å². The van der Waals surface area contributed by atoms with E-state index in [-0.39, 0.29) is 6.10 Å². The van der Waals surface area contributed by atoms with Crippen LogP contribution in [0.4, 0.5) is 0 Å². The summed E-state index contributed by atoms with van der Waals surface area (Å²) >= 11 is 0. The molecular formula is C10H24O2Si. The Morgan fingerprint density at radius 3 is 2.38 bits per heavy atom. The molecule has 0 bridgehead atoms. The zero-order valence-electron chi connectivity index (χ0n) is 9.47. The minimum atomic E-state index is -0.885. The van der Waals surface area contributed by atoms with Gasteiger partial charge in [-0.3, -0.25) is 0 Å². The summed E-state index contributed by atoms with van der Waals surface area (Å²) in [6.45, 7) is 10.4. The summed E-state index contributed by atoms with van der Waals surface area (Å²) in [5.74, 6) is 0. The third-order valence-corrected chi connectivity index (χ3v) is 3.85. The lowest BCUT2D eigenvalue weighted by Crippen LogP contribution is -2.20. The molecule has 0 aliphatic carbocycles. The maximum atomic E-state index is 9.20. The molecule has 0 saturated heterocycles. The van der Waals surface area contributed by atoms with Gasteiger partial charge in [-0.05, 0) is 12.8 Å². The Morgan fingerprint density at radius 1 is 1.31 bits per heavy atom. The van der Waals surface area contributed by atoms with Crippen LogP contribution in [0.5, 0.6) is 0 Å². The van der Waals surface area contributed by atoms with Crippen LogP contribution in [0.25, 0.3) is 0 Å². The molecule has 13 heavy (non-hydrogen) atoms. The van der Waals surface area contributed by atoms with Crippen molar-refractivity contribution in [3.63, 3.8) is 0 Å². The predicted octanol–water partition coefficient (Wildman–Crippen LogP) is 2.50. The Bertz CT molecular complexity index is 121. The van der Waals surface area contributed by atoms with Crippen LogP contribution < -0.4 is 0 Å². The van der Waals surface area contributed by atoms with Crippen molar-refractivity contribution >= 4 is 8.07 Å². The van der Waals surface area contributed by atoms with Gasteiger partial charge in [0.2, 0.25) is 0 Å². The van der Waals surface area contributed by atoms with Crippen LogP contribution in [0.3, 0.4) is 0 Å². The highest BCUT2D eigenvalue weighted by Crippen LogP contribution is 2.10. The van der Waals surface area contributed by atoms with Gasteiger partial charge in [-0.1, -0.05) is 32.6 Å². The predicted molar refractivity (Wildman–Crippen MR) is 59.9 cm³/mol. The van der Waals surface area contributed by atoms with Crippen LogP contribution in [-0.4, -0.2) is 32.5 Å². The van der Waals surface area contributed by atoms with Gasteiger partial charge < -0.3 is 9.84 Å². The molecule has 1 unspecified atom stereocenters. The molecule has 1 atom stereocenters. The number of aliphatic hydroxyl groups is 1. The molecule has 0 aromatic heterocycles. The molecular weight excluding hydrogens is 180 g/mol. The van der Waals surface area contributed by atoms with E-state index in [0.717, 1.165) is 19.4 Å². The summed E-state index contributed by atoms with van der Waals surface area (Å²) in [6, 6.07) is 1.31. The zero-order chi connectivity index (χ0) is 10.3. The van der Waals surface area contributed by atoms with Crippen molar-refractivity contribution in [1.29, 1.82) is 0 Å². The minimum Gasteiger partial charge on any atom is -0.391 e. The van der Waals surface area contributed by atoms with Crippen molar-refractivity contribution in [1.82, 2.24) is 0 Å². The molecule has 80 valence electrons. The van der Waals surface area contributed by atoms with Crippen molar-refractivity contribution in [3.8, 4) is 0 Å². The molecule has 0 fully saturated rings. The molecule has 0 aliphatic rings. The molecule has 0 saturated carbocycles. The van der Waals surface area contributed by atoms with Crippen molar-refractivity contribution in [2.24, 2.45) is 0 Å². The Morgan fingerprint density at radius 2 is 1.92 bits per heavy atom. The van der Waals surface area contributed by atoms with Crippen LogP contribution in [0.1, 0.15) is 19.8 Å². The number of hydrogen-bond acceptors (Lipinski definition) is 2. The van der Waals surface area contributed by atoms with Gasteiger partial charge in [0, 0.05) is 14.7 Å². The van der Waals surface area contributed by atoms with Gasteiger partial charge in [-0.2, -0.15) is 0 Å². The van der Waals surface area contributed by atoms with Gasteiger partial charge in [0.25, 0.3) is 0 Å². The number of hydrogen-bond donors (Lipinski definition) is 1. The highest BCUT2D eigenvalue weighted by Gasteiger charge is 2.11. The zero-order valence-corrected chi connectivity index (χ0v) is 10.5. The van der Waals surface area contributed by atoms with E-state index in [0.29, 0.717) is 6.61 Å². The van der Waals surface area contributed by atoms with Crippen molar-refractivity contribution < 1.29 is 9.84 Å². The van der Waals surface area contributed by atoms with E-state index in [4.69, 9.17) is 4.74 Å². The van der Waals surface area contributed by atoms with E-state index < -0.39 is 8.07 Å². The molecule has 0 aromatic carbocycles. The molecule has 0 radical (unpaired) electrons. The van der Waals surface area contributed by atoms with Crippen molar-refractivity contribution in [2.75, 3.05) is 13.2 Å². The first kappa shape index (κ1) is 13.1. The molecule has 0 aliphatic heterocycles. The smallest absolute Gasteiger partial charge is 0.0771 e. The summed E-state index contributed by atoms with van der Waals surface area (Å²) < 4.78 is 5.35. The first-order chi connectivity index (χ1) is 5.95. The standard InChI is InChI=1S/C10H24O2Si/c1-5-10(11)9-12-7-6-8-13(2,3)4/h10-11H,5-9H2,1-4H3. The minimum absolute atomic E-state index is 0.271. The second-order valence-corrected chi connectivity index (χ2v) is 10.4. The fraction of sp³-hybridized carbons (Fsp3) is 1.00. The van der Waals surface area contributed by atoms with Crippen LogP contribution in [-0.2, 0) is 4.74 Å². The monoisotopic (exact) mass is 204 g/mol. The lowest BCUT2D eigenvalue weighted by atomic mass is 10.3. The molecule has 0 aromatic rings. The van der Waals surface area contributed by atoms with E-state index in [2.05, 4.69) is 19.6 Å². The van der Waals surface area contributed by atoms with E-state index in [9.17, 15) is 5.11 Å². The Hall–Kier alpha value is 0.137. The van der Waals surface area contributed by atoms with Crippen LogP contribution in [0.2, 0.25) is 25.7 Å². The molecule has 1 N–H and O–H groups in total. The van der Waals surface area contributed by atoms with E-state index in [1.54, 1.807) is 0 Å². The van der Waals surface area contributed by atoms with Gasteiger partial charge >= 0.3 is 0 Å². The maximum Gasteiger partial charge on any atom is 0.0771 e. The van der Waals surface area contributed by atoms with Gasteiger partial charge in [0.05, 0.1) is 12.7 Å². The van der Waals surface area contributed by atoms with Crippen LogP contribution in [0, 0.1) is 0 Å². The van der Waals surface area contributed by atoms with E-state index in [1.165, 1.54) is 6.04 Å². The maximum absolute atomic E-state index is 9.20. The van der Waals surface area contributed by atoms with Gasteiger partial charge in [0.15, 0.2) is 0 Å². The lowest BCUT2D eigenvalue weighted by molar-refractivity contribution is 0.0353. The normalized spacial score (nSPS) is 14.5. The summed E-state index contributed by atoms with van der Waals surface area (Å²) in [4.78, 5) is 0. The van der Waals surface area contributed by atoms with E-state index >= 15 is 0 Å². The number of rotatable bonds is 7. The summed E-state index contributed by atoms with van der Waals surface area (Å²) in [6.07, 6.45) is 1.66. The fourth-order valence-electron chi connectivity index (χ4n) is 1.04. The Labute approximate surface area is 83.3 Å². The number of aliphatic hydroxyl groups excluding tert-OH is 1. The Kier molecular flexibility index (Phi) is 6.64. The summed E-state index contributed by atoms with van der Waals surface area (Å²) in [5, 5.41) is 9.20. The first-order valence-electron chi connectivity index (χ1n) is 5.21. The lowest BCUT2D eigenvalue weighted by Gasteiger charge is -2.15. The number of ether oxygens (including phenoxy) is 1. The third-order valence-electron chi connectivity index (χ3n) is 2.00. The molecule has 0 amide bonds. The van der Waals surface area contributed by atoms with Crippen LogP contribution >= 0.6 is 0 Å². The van der Waals surface area contributed by atoms with Gasteiger partial charge in [-0.25, -0.2) is 0 Å². The SMILES string of the molecule is CCC(O)COCCC[Si](C)(C)C. The Balaban J connectivity index is 3.18. The summed E-state index contributed by atoms with van der Waals surface area (Å²) in [7, 11) is -0.885. The molecule has 0 spiro atoms. The molecule has 0 heterocycles. The van der Waals surface area contributed by atoms with Crippen molar-refractivity contribution in [3.05, 3.63) is 0 Å². The fourth-order valence-corrected chi connectivity index (χ4v) is 2.25. The van der Waals surface area contributed by atoms with E-state index in [1.807, 2.05) is 6.92 Å². The average molecular weight is 204 g/mol. The van der Waals surface area contributed by atoms with Crippen molar-refractivity contribution in [2.45, 2.75) is 51.6 Å².